The average Bonchev–Trinajstić information content (AvgIpc) is 3.25. The lowest BCUT2D eigenvalue weighted by Gasteiger charge is -2.28. The Morgan fingerprint density at radius 3 is 2.68 bits per heavy atom. The molecular weight excluding hydrogens is 340 g/mol. The Morgan fingerprint density at radius 2 is 2.04 bits per heavy atom. The molecule has 3 heterocycles. The zero-order valence-electron chi connectivity index (χ0n) is 14.8. The van der Waals surface area contributed by atoms with Gasteiger partial charge in [-0.15, -0.1) is 10.2 Å². The summed E-state index contributed by atoms with van der Waals surface area (Å²) in [6, 6.07) is 3.71. The van der Waals surface area contributed by atoms with Crippen LogP contribution in [0, 0.1) is 5.92 Å². The molecule has 25 heavy (non-hydrogen) atoms. The summed E-state index contributed by atoms with van der Waals surface area (Å²) in [5.74, 6) is 1.93. The van der Waals surface area contributed by atoms with Crippen molar-refractivity contribution in [1.29, 1.82) is 0 Å². The Hall–Kier alpha value is -1.80. The molecule has 136 valence electrons. The van der Waals surface area contributed by atoms with E-state index in [-0.39, 0.29) is 11.2 Å². The fraction of sp³-hybridized carbons (Fsp3) is 0.588. The van der Waals surface area contributed by atoms with Crippen molar-refractivity contribution in [3.05, 3.63) is 18.4 Å². The van der Waals surface area contributed by atoms with E-state index in [1.807, 2.05) is 28.5 Å². The summed E-state index contributed by atoms with van der Waals surface area (Å²) >= 11 is 1.45. The molecule has 1 atom stereocenters. The SMILES string of the molecule is CC(C)Cn1c(S[C@@H](C)C(=O)N2CCOCC2)nnc1-c1ccco1. The fourth-order valence-corrected chi connectivity index (χ4v) is 3.69. The predicted octanol–water partition coefficient (Wildman–Crippen LogP) is 2.53. The molecule has 7 nitrogen and oxygen atoms in total. The molecule has 1 aliphatic rings. The molecule has 1 amide bonds. The summed E-state index contributed by atoms with van der Waals surface area (Å²) in [6.45, 7) is 9.49. The van der Waals surface area contributed by atoms with Crippen LogP contribution in [-0.4, -0.2) is 57.1 Å². The van der Waals surface area contributed by atoms with Crippen LogP contribution in [0.3, 0.4) is 0 Å². The highest BCUT2D eigenvalue weighted by atomic mass is 32.2. The van der Waals surface area contributed by atoms with E-state index in [4.69, 9.17) is 9.15 Å². The first-order valence-corrected chi connectivity index (χ1v) is 9.44. The van der Waals surface area contributed by atoms with Gasteiger partial charge in [0.1, 0.15) is 0 Å². The summed E-state index contributed by atoms with van der Waals surface area (Å²) in [4.78, 5) is 14.5. The molecule has 1 saturated heterocycles. The normalized spacial score (nSPS) is 16.4. The Labute approximate surface area is 151 Å². The van der Waals surface area contributed by atoms with E-state index in [1.54, 1.807) is 6.26 Å². The molecule has 0 aliphatic carbocycles. The molecule has 0 saturated carbocycles. The van der Waals surface area contributed by atoms with Gasteiger partial charge >= 0.3 is 0 Å². The van der Waals surface area contributed by atoms with Crippen molar-refractivity contribution in [2.75, 3.05) is 26.3 Å². The Morgan fingerprint density at radius 1 is 1.28 bits per heavy atom. The fourth-order valence-electron chi connectivity index (χ4n) is 2.74. The summed E-state index contributed by atoms with van der Waals surface area (Å²) < 4.78 is 12.8. The topological polar surface area (TPSA) is 73.4 Å². The molecule has 1 fully saturated rings. The van der Waals surface area contributed by atoms with E-state index in [0.717, 1.165) is 11.7 Å². The minimum atomic E-state index is -0.224. The average molecular weight is 364 g/mol. The molecule has 0 unspecified atom stereocenters. The quantitative estimate of drug-likeness (QED) is 0.734. The number of thioether (sulfide) groups is 1. The second-order valence-corrected chi connectivity index (χ2v) is 7.79. The van der Waals surface area contributed by atoms with Gasteiger partial charge in [0.2, 0.25) is 5.91 Å². The second kappa shape index (κ2) is 8.05. The molecule has 0 bridgehead atoms. The maximum absolute atomic E-state index is 12.6. The third-order valence-corrected chi connectivity index (χ3v) is 5.03. The number of furan rings is 1. The zero-order chi connectivity index (χ0) is 17.8. The Balaban J connectivity index is 1.78. The van der Waals surface area contributed by atoms with Crippen LogP contribution in [0.1, 0.15) is 20.8 Å². The first kappa shape index (κ1) is 18.0. The van der Waals surface area contributed by atoms with Crippen molar-refractivity contribution in [3.8, 4) is 11.6 Å². The van der Waals surface area contributed by atoms with Crippen molar-refractivity contribution in [2.45, 2.75) is 37.7 Å². The summed E-state index contributed by atoms with van der Waals surface area (Å²) in [5, 5.41) is 9.12. The smallest absolute Gasteiger partial charge is 0.236 e. The Kier molecular flexibility index (Phi) is 5.80. The highest BCUT2D eigenvalue weighted by Gasteiger charge is 2.26. The highest BCUT2D eigenvalue weighted by molar-refractivity contribution is 8.00. The van der Waals surface area contributed by atoms with Gasteiger partial charge in [-0.1, -0.05) is 25.6 Å². The zero-order valence-corrected chi connectivity index (χ0v) is 15.7. The summed E-state index contributed by atoms with van der Waals surface area (Å²) in [5.41, 5.74) is 0. The van der Waals surface area contributed by atoms with Gasteiger partial charge in [0.25, 0.3) is 0 Å². The van der Waals surface area contributed by atoms with Crippen LogP contribution >= 0.6 is 11.8 Å². The number of hydrogen-bond acceptors (Lipinski definition) is 6. The van der Waals surface area contributed by atoms with E-state index in [2.05, 4.69) is 24.0 Å². The lowest BCUT2D eigenvalue weighted by Crippen LogP contribution is -2.44. The number of rotatable bonds is 6. The summed E-state index contributed by atoms with van der Waals surface area (Å²) in [6.07, 6.45) is 1.63. The standard InChI is InChI=1S/C17H24N4O3S/c1-12(2)11-21-15(14-5-4-8-24-14)18-19-17(21)25-13(3)16(22)20-6-9-23-10-7-20/h4-5,8,12-13H,6-7,9-11H2,1-3H3/t13-/m0/s1. The van der Waals surface area contributed by atoms with Gasteiger partial charge in [-0.2, -0.15) is 0 Å². The van der Waals surface area contributed by atoms with Crippen LogP contribution < -0.4 is 0 Å². The molecule has 1 aliphatic heterocycles. The van der Waals surface area contributed by atoms with Crippen molar-refractivity contribution >= 4 is 17.7 Å². The van der Waals surface area contributed by atoms with Crippen molar-refractivity contribution < 1.29 is 13.9 Å². The van der Waals surface area contributed by atoms with Gasteiger partial charge in [0.15, 0.2) is 16.7 Å². The number of hydrogen-bond donors (Lipinski definition) is 0. The Bertz CT molecular complexity index is 693. The maximum Gasteiger partial charge on any atom is 0.236 e. The number of amides is 1. The molecule has 3 rings (SSSR count). The van der Waals surface area contributed by atoms with Gasteiger partial charge in [-0.25, -0.2) is 0 Å². The van der Waals surface area contributed by atoms with Gasteiger partial charge in [-0.3, -0.25) is 9.36 Å². The van der Waals surface area contributed by atoms with Gasteiger partial charge < -0.3 is 14.1 Å². The van der Waals surface area contributed by atoms with Gasteiger partial charge in [0, 0.05) is 19.6 Å². The van der Waals surface area contributed by atoms with Crippen molar-refractivity contribution in [3.63, 3.8) is 0 Å². The number of carbonyl (C=O) groups is 1. The maximum atomic E-state index is 12.6. The van der Waals surface area contributed by atoms with E-state index < -0.39 is 0 Å². The number of nitrogens with zero attached hydrogens (tertiary/aromatic N) is 4. The molecule has 0 spiro atoms. The molecule has 0 radical (unpaired) electrons. The van der Waals surface area contributed by atoms with E-state index in [1.165, 1.54) is 11.8 Å². The molecule has 2 aromatic heterocycles. The van der Waals surface area contributed by atoms with Crippen molar-refractivity contribution in [2.24, 2.45) is 5.92 Å². The van der Waals surface area contributed by atoms with Crippen LogP contribution in [0.4, 0.5) is 0 Å². The van der Waals surface area contributed by atoms with Gasteiger partial charge in [-0.05, 0) is 25.0 Å². The minimum absolute atomic E-state index is 0.118. The third kappa shape index (κ3) is 4.24. The van der Waals surface area contributed by atoms with Crippen LogP contribution in [0.15, 0.2) is 28.0 Å². The number of morpholine rings is 1. The number of ether oxygens (including phenoxy) is 1. The molecule has 0 N–H and O–H groups in total. The third-order valence-electron chi connectivity index (χ3n) is 3.96. The van der Waals surface area contributed by atoms with Gasteiger partial charge in [0.05, 0.1) is 24.7 Å². The van der Waals surface area contributed by atoms with E-state index >= 15 is 0 Å². The molecule has 8 heteroatoms. The first-order valence-electron chi connectivity index (χ1n) is 8.56. The monoisotopic (exact) mass is 364 g/mol. The molecular formula is C17H24N4O3S. The largest absolute Gasteiger partial charge is 0.461 e. The van der Waals surface area contributed by atoms with Crippen LogP contribution in [0.5, 0.6) is 0 Å². The predicted molar refractivity (Wildman–Crippen MR) is 95.3 cm³/mol. The molecule has 0 aromatic carbocycles. The molecule has 2 aromatic rings. The van der Waals surface area contributed by atoms with E-state index in [9.17, 15) is 4.79 Å². The lowest BCUT2D eigenvalue weighted by molar-refractivity contribution is -0.134. The van der Waals surface area contributed by atoms with Crippen LogP contribution in [-0.2, 0) is 16.1 Å². The lowest BCUT2D eigenvalue weighted by atomic mass is 10.2. The number of aromatic nitrogens is 3. The van der Waals surface area contributed by atoms with E-state index in [0.29, 0.717) is 43.8 Å². The summed E-state index contributed by atoms with van der Waals surface area (Å²) in [7, 11) is 0. The second-order valence-electron chi connectivity index (χ2n) is 6.49. The van der Waals surface area contributed by atoms with Crippen molar-refractivity contribution in [1.82, 2.24) is 19.7 Å². The minimum Gasteiger partial charge on any atom is -0.461 e. The highest BCUT2D eigenvalue weighted by Crippen LogP contribution is 2.28. The van der Waals surface area contributed by atoms with Crippen LogP contribution in [0.2, 0.25) is 0 Å². The number of carbonyl (C=O) groups excluding carboxylic acids is 1. The van der Waals surface area contributed by atoms with Crippen LogP contribution in [0.25, 0.3) is 11.6 Å². The first-order chi connectivity index (χ1) is 12.1.